The number of esters is 1. The van der Waals surface area contributed by atoms with Crippen LogP contribution in [-0.2, 0) is 14.2 Å². The highest BCUT2D eigenvalue weighted by atomic mass is 16.7. The smallest absolute Gasteiger partial charge is 0.340 e. The maximum atomic E-state index is 11.5. The zero-order chi connectivity index (χ0) is 14.3. The standard InChI is InChI=1S/C11H13NO7/c1-16-6-18-10-4-3-8(5-9(10)12(14)15)11(13)19-7-17-2/h3-5H,6-7H2,1-2H3. The highest BCUT2D eigenvalue weighted by molar-refractivity contribution is 5.90. The van der Waals surface area contributed by atoms with Crippen molar-refractivity contribution in [2.45, 2.75) is 0 Å². The molecule has 0 atom stereocenters. The minimum absolute atomic E-state index is 0.00939. The predicted molar refractivity (Wildman–Crippen MR) is 62.9 cm³/mol. The lowest BCUT2D eigenvalue weighted by atomic mass is 10.2. The van der Waals surface area contributed by atoms with E-state index in [1.54, 1.807) is 0 Å². The van der Waals surface area contributed by atoms with Gasteiger partial charge >= 0.3 is 11.7 Å². The third-order valence-electron chi connectivity index (χ3n) is 2.03. The van der Waals surface area contributed by atoms with Gasteiger partial charge in [0.2, 0.25) is 0 Å². The van der Waals surface area contributed by atoms with Crippen LogP contribution in [0.25, 0.3) is 0 Å². The number of benzene rings is 1. The number of methoxy groups -OCH3 is 2. The average molecular weight is 271 g/mol. The van der Waals surface area contributed by atoms with Crippen LogP contribution in [0.5, 0.6) is 5.75 Å². The van der Waals surface area contributed by atoms with Gasteiger partial charge in [0.1, 0.15) is 0 Å². The quantitative estimate of drug-likeness (QED) is 0.319. The van der Waals surface area contributed by atoms with Gasteiger partial charge in [-0.05, 0) is 12.1 Å². The molecule has 0 amide bonds. The lowest BCUT2D eigenvalue weighted by Crippen LogP contribution is -2.09. The molecule has 19 heavy (non-hydrogen) atoms. The highest BCUT2D eigenvalue weighted by Gasteiger charge is 2.19. The number of nitrogens with zero attached hydrogens (tertiary/aromatic N) is 1. The van der Waals surface area contributed by atoms with E-state index in [2.05, 4.69) is 14.2 Å². The summed E-state index contributed by atoms with van der Waals surface area (Å²) in [5.41, 5.74) is -0.308. The van der Waals surface area contributed by atoms with Crippen LogP contribution in [0.1, 0.15) is 10.4 Å². The van der Waals surface area contributed by atoms with Crippen molar-refractivity contribution < 1.29 is 28.7 Å². The third kappa shape index (κ3) is 4.19. The molecule has 0 aliphatic carbocycles. The average Bonchev–Trinajstić information content (AvgIpc) is 2.42. The zero-order valence-electron chi connectivity index (χ0n) is 10.5. The number of nitro benzene ring substituents is 1. The number of carbonyl (C=O) groups is 1. The molecular formula is C11H13NO7. The van der Waals surface area contributed by atoms with Gasteiger partial charge in [0.25, 0.3) is 0 Å². The van der Waals surface area contributed by atoms with Gasteiger partial charge in [-0.15, -0.1) is 0 Å². The zero-order valence-corrected chi connectivity index (χ0v) is 10.5. The van der Waals surface area contributed by atoms with Gasteiger partial charge in [0.15, 0.2) is 19.3 Å². The van der Waals surface area contributed by atoms with E-state index in [1.165, 1.54) is 26.4 Å². The molecule has 104 valence electrons. The first-order chi connectivity index (χ1) is 9.10. The van der Waals surface area contributed by atoms with E-state index in [9.17, 15) is 14.9 Å². The SMILES string of the molecule is COCOC(=O)c1ccc(OCOC)c([N+](=O)[O-])c1. The Bertz CT molecular complexity index is 460. The maximum absolute atomic E-state index is 11.5. The molecule has 1 aromatic carbocycles. The van der Waals surface area contributed by atoms with E-state index < -0.39 is 10.9 Å². The summed E-state index contributed by atoms with van der Waals surface area (Å²) in [6.45, 7) is -0.358. The summed E-state index contributed by atoms with van der Waals surface area (Å²) in [5.74, 6) is -0.710. The molecule has 0 fully saturated rings. The summed E-state index contributed by atoms with van der Waals surface area (Å²) in [4.78, 5) is 21.7. The minimum Gasteiger partial charge on any atom is -0.460 e. The van der Waals surface area contributed by atoms with E-state index in [0.717, 1.165) is 6.07 Å². The topological polar surface area (TPSA) is 97.1 Å². The number of ether oxygens (including phenoxy) is 4. The fourth-order valence-electron chi connectivity index (χ4n) is 1.23. The van der Waals surface area contributed by atoms with Gasteiger partial charge in [-0.25, -0.2) is 4.79 Å². The first-order valence-corrected chi connectivity index (χ1v) is 5.16. The van der Waals surface area contributed by atoms with Gasteiger partial charge in [0.05, 0.1) is 10.5 Å². The van der Waals surface area contributed by atoms with E-state index in [0.29, 0.717) is 0 Å². The van der Waals surface area contributed by atoms with Crippen LogP contribution < -0.4 is 4.74 Å². The summed E-state index contributed by atoms with van der Waals surface area (Å²) in [6, 6.07) is 3.74. The molecule has 0 spiro atoms. The molecule has 0 heterocycles. The fourth-order valence-corrected chi connectivity index (χ4v) is 1.23. The summed E-state index contributed by atoms with van der Waals surface area (Å²) in [6.07, 6.45) is 0. The summed E-state index contributed by atoms with van der Waals surface area (Å²) < 4.78 is 18.9. The molecule has 8 heteroatoms. The maximum Gasteiger partial charge on any atom is 0.340 e. The Labute approximate surface area is 109 Å². The molecule has 1 aromatic rings. The monoisotopic (exact) mass is 271 g/mol. The first kappa shape index (κ1) is 14.9. The van der Waals surface area contributed by atoms with Crippen LogP contribution in [-0.4, -0.2) is 38.7 Å². The van der Waals surface area contributed by atoms with Crippen molar-refractivity contribution in [2.24, 2.45) is 0 Å². The van der Waals surface area contributed by atoms with Crippen LogP contribution in [0.15, 0.2) is 18.2 Å². The van der Waals surface area contributed by atoms with Crippen molar-refractivity contribution in [1.29, 1.82) is 0 Å². The highest BCUT2D eigenvalue weighted by Crippen LogP contribution is 2.28. The molecule has 0 aliphatic heterocycles. The number of rotatable bonds is 7. The number of carbonyl (C=O) groups excluding carboxylic acids is 1. The van der Waals surface area contributed by atoms with Crippen LogP contribution in [0.4, 0.5) is 5.69 Å². The molecule has 1 rings (SSSR count). The van der Waals surface area contributed by atoms with Gasteiger partial charge in [-0.2, -0.15) is 0 Å². The number of hydrogen-bond donors (Lipinski definition) is 0. The Balaban J connectivity index is 2.95. The Hall–Kier alpha value is -2.19. The fraction of sp³-hybridized carbons (Fsp3) is 0.364. The van der Waals surface area contributed by atoms with Crippen LogP contribution >= 0.6 is 0 Å². The van der Waals surface area contributed by atoms with Gasteiger partial charge < -0.3 is 18.9 Å². The summed E-state index contributed by atoms with van der Waals surface area (Å²) >= 11 is 0. The molecule has 8 nitrogen and oxygen atoms in total. The Kier molecular flexibility index (Phi) is 5.71. The molecule has 0 saturated carbocycles. The summed E-state index contributed by atoms with van der Waals surface area (Å²) in [5, 5.41) is 10.9. The Morgan fingerprint density at radius 1 is 1.26 bits per heavy atom. The van der Waals surface area contributed by atoms with Crippen molar-refractivity contribution in [3.8, 4) is 5.75 Å². The second-order valence-electron chi connectivity index (χ2n) is 3.33. The van der Waals surface area contributed by atoms with E-state index in [1.807, 2.05) is 0 Å². The first-order valence-electron chi connectivity index (χ1n) is 5.16. The minimum atomic E-state index is -0.719. The van der Waals surface area contributed by atoms with Crippen molar-refractivity contribution in [2.75, 3.05) is 27.8 Å². The molecule has 0 bridgehead atoms. The molecule has 0 aliphatic rings. The lowest BCUT2D eigenvalue weighted by molar-refractivity contribution is -0.386. The molecular weight excluding hydrogens is 258 g/mol. The molecule has 0 aromatic heterocycles. The Morgan fingerprint density at radius 2 is 1.95 bits per heavy atom. The largest absolute Gasteiger partial charge is 0.460 e. The normalized spacial score (nSPS) is 10.0. The summed E-state index contributed by atoms with van der Waals surface area (Å²) in [7, 11) is 2.75. The van der Waals surface area contributed by atoms with Crippen molar-refractivity contribution in [3.63, 3.8) is 0 Å². The molecule has 0 saturated heterocycles. The third-order valence-corrected chi connectivity index (χ3v) is 2.03. The van der Waals surface area contributed by atoms with Crippen LogP contribution in [0.2, 0.25) is 0 Å². The predicted octanol–water partition coefficient (Wildman–Crippen LogP) is 1.34. The van der Waals surface area contributed by atoms with Gasteiger partial charge in [0, 0.05) is 20.3 Å². The van der Waals surface area contributed by atoms with Crippen molar-refractivity contribution in [1.82, 2.24) is 0 Å². The van der Waals surface area contributed by atoms with Crippen molar-refractivity contribution in [3.05, 3.63) is 33.9 Å². The van der Waals surface area contributed by atoms with E-state index in [-0.39, 0.29) is 30.6 Å². The van der Waals surface area contributed by atoms with E-state index >= 15 is 0 Å². The number of nitro groups is 1. The second-order valence-corrected chi connectivity index (χ2v) is 3.33. The second kappa shape index (κ2) is 7.29. The van der Waals surface area contributed by atoms with Gasteiger partial charge in [-0.1, -0.05) is 0 Å². The van der Waals surface area contributed by atoms with Crippen LogP contribution in [0, 0.1) is 10.1 Å². The molecule has 0 radical (unpaired) electrons. The van der Waals surface area contributed by atoms with E-state index in [4.69, 9.17) is 4.74 Å². The molecule has 0 N–H and O–H groups in total. The van der Waals surface area contributed by atoms with Crippen LogP contribution in [0.3, 0.4) is 0 Å². The number of hydrogen-bond acceptors (Lipinski definition) is 7. The van der Waals surface area contributed by atoms with Crippen molar-refractivity contribution >= 4 is 11.7 Å². The Morgan fingerprint density at radius 3 is 2.53 bits per heavy atom. The van der Waals surface area contributed by atoms with Gasteiger partial charge in [-0.3, -0.25) is 10.1 Å². The lowest BCUT2D eigenvalue weighted by Gasteiger charge is -2.07. The molecule has 0 unspecified atom stereocenters.